The molecule has 140 heavy (non-hydrogen) atoms. The molecule has 0 saturated carbocycles. The summed E-state index contributed by atoms with van der Waals surface area (Å²) in [5.74, 6) is 0. The Bertz CT molecular complexity index is 10300. The maximum absolute atomic E-state index is 5.12. The highest BCUT2D eigenvalue weighted by molar-refractivity contribution is 6.22. The second kappa shape index (κ2) is 31.5. The number of rotatable bonds is 8. The van der Waals surface area contributed by atoms with Crippen LogP contribution in [0.1, 0.15) is 33.4 Å². The van der Waals surface area contributed by atoms with Crippen molar-refractivity contribution in [1.82, 2.24) is 53.6 Å². The van der Waals surface area contributed by atoms with Crippen LogP contribution in [-0.4, -0.2) is 53.6 Å². The van der Waals surface area contributed by atoms with Gasteiger partial charge in [0.2, 0.25) is 0 Å². The van der Waals surface area contributed by atoms with E-state index >= 15 is 0 Å². The summed E-state index contributed by atoms with van der Waals surface area (Å²) in [6.07, 6.45) is 31.9. The highest BCUT2D eigenvalue weighted by Gasteiger charge is 2.27. The topological polar surface area (TPSA) is 118 Å². The van der Waals surface area contributed by atoms with Crippen LogP contribution in [0.4, 0.5) is 0 Å². The van der Waals surface area contributed by atoms with Crippen molar-refractivity contribution in [3.8, 4) is 72.7 Å². The number of hydrogen-bond acceptors (Lipinski definition) is 8. The highest BCUT2D eigenvalue weighted by atomic mass is 15.0. The van der Waals surface area contributed by atoms with Crippen LogP contribution in [0.15, 0.2) is 426 Å². The first-order valence-corrected chi connectivity index (χ1v) is 47.8. The number of benzene rings is 17. The van der Waals surface area contributed by atoms with Gasteiger partial charge in [-0.05, 0) is 240 Å². The average molecular weight is 1780 g/mol. The molecule has 0 amide bonds. The molecule has 0 radical (unpaired) electrons. The zero-order chi connectivity index (χ0) is 91.7. The van der Waals surface area contributed by atoms with E-state index in [1.54, 1.807) is 0 Å². The molecular formula is C129H79N11. The SMILES string of the molecule is C1=Cc2cccc3cc4c(c(c23)C1)c1ccccc1n4-c1ccc(-c2cc(-c3ccccc3)cc(-c3cnc4c(ccc5cccnc54)c3)c2)cc1.C1=Cc2cccc3cc4c(c(c23)C1)c1ccccc1n4-c1cnc2c(-c3cnc4c(ccc5cccnc54)c3)cccc2c1.C1=Cc2cccc3cc4c(c(c23)C1)c1ccccc1n4-c1cnc2cc(-c3cnc4c(ccc5cccnc54)c3)ccc2c1. The second-order valence-electron chi connectivity index (χ2n) is 37.2. The van der Waals surface area contributed by atoms with Gasteiger partial charge >= 0.3 is 0 Å². The Labute approximate surface area is 802 Å². The molecule has 0 atom stereocenters. The molecular weight excluding hydrogens is 1700 g/mol. The van der Waals surface area contributed by atoms with Crippen LogP contribution in [0.5, 0.6) is 0 Å². The number of allylic oxidation sites excluding steroid dienone is 3. The van der Waals surface area contributed by atoms with Crippen molar-refractivity contribution >= 4 is 203 Å². The van der Waals surface area contributed by atoms with E-state index < -0.39 is 0 Å². The quantitative estimate of drug-likeness (QED) is 0.138. The number of hydrogen-bond donors (Lipinski definition) is 0. The molecule has 650 valence electrons. The van der Waals surface area contributed by atoms with Crippen molar-refractivity contribution in [2.24, 2.45) is 0 Å². The van der Waals surface area contributed by atoms with Gasteiger partial charge in [-0.15, -0.1) is 0 Å². The molecule has 0 unspecified atom stereocenters. The molecule has 17 aromatic carbocycles. The standard InChI is InChI=1S/C49H31N3.2C40H24N4/c1-2-9-31(10-3-1)37-26-38(28-39(27-37)40-25-36-19-18-34-14-8-24-50-48(34)49(36)51-30-40)32-20-22-41(23-21-32)52-44-17-5-4-15-42(44)47-43-16-7-12-33-11-6-13-35(46(33)43)29-45(47)52;1-2-15-34-32(12-1)37-33-14-4-8-24-7-3-9-26(36(24)33)21-35(37)44(34)30-20-27-10-5-13-31(38(27)43-23-30)29-19-28-17-16-25-11-6-18-41-39(25)40(28)42-22-29;1-2-12-35-32(10-1)38-33-11-4-7-24-6-3-8-28(37(24)33)21-36(38)44(35)31-19-27-15-14-26(20-34(27)42-23-31)30-18-29-16-13-25-9-5-17-41-39(25)40(29)43-22-30/h1-15,17-30H,16H2;1-13,15-23H,14H2;1-10,12-23H,11H2. The Morgan fingerprint density at radius 3 is 1.04 bits per heavy atom. The zero-order valence-electron chi connectivity index (χ0n) is 75.7. The lowest BCUT2D eigenvalue weighted by atomic mass is 9.90. The van der Waals surface area contributed by atoms with E-state index in [2.05, 4.69) is 405 Å². The van der Waals surface area contributed by atoms with Crippen LogP contribution in [0.3, 0.4) is 0 Å². The molecule has 3 aliphatic carbocycles. The second-order valence-corrected chi connectivity index (χ2v) is 37.2. The number of fused-ring (bicyclic) bond motifs is 23. The number of nitrogens with zero attached hydrogens (tertiary/aromatic N) is 11. The predicted octanol–water partition coefficient (Wildman–Crippen LogP) is 32.2. The molecule has 0 fully saturated rings. The summed E-state index contributed by atoms with van der Waals surface area (Å²) < 4.78 is 7.22. The Kier molecular flexibility index (Phi) is 17.8. The zero-order valence-corrected chi connectivity index (χ0v) is 75.7. The van der Waals surface area contributed by atoms with Gasteiger partial charge in [0, 0.05) is 141 Å². The maximum Gasteiger partial charge on any atom is 0.0964 e. The van der Waals surface area contributed by atoms with Crippen molar-refractivity contribution in [2.45, 2.75) is 19.3 Å². The van der Waals surface area contributed by atoms with Crippen LogP contribution in [0, 0.1) is 0 Å². The van der Waals surface area contributed by atoms with Gasteiger partial charge in [-0.3, -0.25) is 39.9 Å². The lowest BCUT2D eigenvalue weighted by Gasteiger charge is -2.16. The molecule has 0 saturated heterocycles. The monoisotopic (exact) mass is 1780 g/mol. The number of aromatic nitrogens is 11. The number of para-hydroxylation sites is 4. The molecule has 3 aliphatic rings. The molecule has 11 heterocycles. The molecule has 11 nitrogen and oxygen atoms in total. The fourth-order valence-electron chi connectivity index (χ4n) is 23.1. The van der Waals surface area contributed by atoms with Crippen LogP contribution in [0.2, 0.25) is 0 Å². The van der Waals surface area contributed by atoms with E-state index in [1.807, 2.05) is 67.8 Å². The lowest BCUT2D eigenvalue weighted by molar-refractivity contribution is 1.16. The maximum atomic E-state index is 5.12. The summed E-state index contributed by atoms with van der Waals surface area (Å²) in [5, 5.41) is 24.6. The van der Waals surface area contributed by atoms with E-state index in [4.69, 9.17) is 24.9 Å². The van der Waals surface area contributed by atoms with Crippen LogP contribution < -0.4 is 0 Å². The molecule has 11 heteroatoms. The van der Waals surface area contributed by atoms with Gasteiger partial charge in [-0.1, -0.05) is 273 Å². The van der Waals surface area contributed by atoms with E-state index in [-0.39, 0.29) is 0 Å². The fraction of sp³-hybridized carbons (Fsp3) is 0.0233. The Morgan fingerprint density at radius 2 is 0.543 bits per heavy atom. The third kappa shape index (κ3) is 12.6. The van der Waals surface area contributed by atoms with Gasteiger partial charge in [-0.25, -0.2) is 0 Å². The predicted molar refractivity (Wildman–Crippen MR) is 583 cm³/mol. The van der Waals surface area contributed by atoms with Crippen molar-refractivity contribution in [1.29, 1.82) is 0 Å². The van der Waals surface area contributed by atoms with Crippen molar-refractivity contribution in [3.05, 3.63) is 459 Å². The molecule has 0 aliphatic heterocycles. The van der Waals surface area contributed by atoms with Crippen molar-refractivity contribution in [3.63, 3.8) is 0 Å². The molecule has 31 rings (SSSR count). The minimum atomic E-state index is 0.919. The summed E-state index contributed by atoms with van der Waals surface area (Å²) in [5.41, 5.74) is 37.5. The smallest absolute Gasteiger partial charge is 0.0964 e. The Balaban J connectivity index is 0.000000101. The number of pyridine rings is 8. The van der Waals surface area contributed by atoms with Gasteiger partial charge in [0.25, 0.3) is 0 Å². The van der Waals surface area contributed by atoms with E-state index in [0.717, 1.165) is 157 Å². The average Bonchev–Trinajstić information content (AvgIpc) is 1.56. The summed E-state index contributed by atoms with van der Waals surface area (Å²) in [6.45, 7) is 0. The molecule has 0 spiro atoms. The van der Waals surface area contributed by atoms with E-state index in [0.29, 0.717) is 0 Å². The van der Waals surface area contributed by atoms with Gasteiger partial charge in [0.15, 0.2) is 0 Å². The van der Waals surface area contributed by atoms with Gasteiger partial charge in [0.05, 0.1) is 101 Å². The van der Waals surface area contributed by atoms with Crippen LogP contribution >= 0.6 is 0 Å². The fourth-order valence-corrected chi connectivity index (χ4v) is 23.1. The van der Waals surface area contributed by atoms with Crippen molar-refractivity contribution < 1.29 is 0 Å². The van der Waals surface area contributed by atoms with Gasteiger partial charge in [0.1, 0.15) is 0 Å². The minimum absolute atomic E-state index is 0.919. The first-order chi connectivity index (χ1) is 69.4. The first-order valence-electron chi connectivity index (χ1n) is 47.8. The van der Waals surface area contributed by atoms with Gasteiger partial charge in [-0.2, -0.15) is 0 Å². The third-order valence-corrected chi connectivity index (χ3v) is 29.3. The van der Waals surface area contributed by atoms with E-state index in [1.165, 1.54) is 153 Å². The Hall–Kier alpha value is -18.6. The highest BCUT2D eigenvalue weighted by Crippen LogP contribution is 2.48. The normalized spacial score (nSPS) is 12.7. The Morgan fingerprint density at radius 1 is 0.186 bits per heavy atom. The molecule has 0 bridgehead atoms. The lowest BCUT2D eigenvalue weighted by Crippen LogP contribution is -1.98. The minimum Gasteiger partial charge on any atom is -0.309 e. The molecule has 0 N–H and O–H groups in total. The molecule has 11 aromatic heterocycles. The summed E-state index contributed by atoms with van der Waals surface area (Å²) in [6, 6.07) is 129. The summed E-state index contributed by atoms with van der Waals surface area (Å²) in [7, 11) is 0. The van der Waals surface area contributed by atoms with Gasteiger partial charge < -0.3 is 13.7 Å². The van der Waals surface area contributed by atoms with E-state index in [9.17, 15) is 0 Å². The largest absolute Gasteiger partial charge is 0.309 e. The van der Waals surface area contributed by atoms with Crippen LogP contribution in [-0.2, 0) is 19.3 Å². The van der Waals surface area contributed by atoms with Crippen LogP contribution in [0.25, 0.3) is 276 Å². The third-order valence-electron chi connectivity index (χ3n) is 29.3. The summed E-state index contributed by atoms with van der Waals surface area (Å²) in [4.78, 5) is 38.6. The first kappa shape index (κ1) is 78.9. The van der Waals surface area contributed by atoms with Crippen molar-refractivity contribution in [2.75, 3.05) is 0 Å². The molecule has 28 aromatic rings. The summed E-state index contributed by atoms with van der Waals surface area (Å²) >= 11 is 0.